The van der Waals surface area contributed by atoms with Gasteiger partial charge in [0.15, 0.2) is 0 Å². The van der Waals surface area contributed by atoms with Crippen LogP contribution in [0.15, 0.2) is 36.5 Å². The smallest absolute Gasteiger partial charge is 0.0124 e. The summed E-state index contributed by atoms with van der Waals surface area (Å²) >= 11 is 0. The Morgan fingerprint density at radius 1 is 1.33 bits per heavy atom. The van der Waals surface area contributed by atoms with Gasteiger partial charge in [0, 0.05) is 26.3 Å². The average Bonchev–Trinajstić information content (AvgIpc) is 2.58. The number of aromatic nitrogens is 1. The fraction of sp³-hybridized carbons (Fsp3) is 0.100. The number of nitrogens with zero attached hydrogens (tertiary/aromatic N) is 1. The van der Waals surface area contributed by atoms with Gasteiger partial charge in [0.1, 0.15) is 0 Å². The van der Waals surface area contributed by atoms with Gasteiger partial charge in [-0.05, 0) is 11.8 Å². The van der Waals surface area contributed by atoms with Gasteiger partial charge in [-0.15, -0.1) is 5.57 Å². The summed E-state index contributed by atoms with van der Waals surface area (Å²) in [5.74, 6) is 0. The first-order chi connectivity index (χ1) is 5.47. The van der Waals surface area contributed by atoms with Crippen LogP contribution in [-0.2, 0) is 20.1 Å². The van der Waals surface area contributed by atoms with Gasteiger partial charge in [0.2, 0.25) is 0 Å². The maximum atomic E-state index is 4.22. The van der Waals surface area contributed by atoms with Crippen LogP contribution in [0.4, 0.5) is 0 Å². The Hall–Kier alpha value is -0.721. The van der Waals surface area contributed by atoms with Crippen LogP contribution in [-0.4, -0.2) is 4.98 Å². The molecule has 0 fully saturated rings. The van der Waals surface area contributed by atoms with Crippen molar-refractivity contribution in [2.24, 2.45) is 0 Å². The minimum absolute atomic E-state index is 0. The van der Waals surface area contributed by atoms with E-state index in [0.29, 0.717) is 0 Å². The van der Waals surface area contributed by atoms with Crippen molar-refractivity contribution in [2.75, 3.05) is 0 Å². The molecule has 0 N–H and O–H groups in total. The van der Waals surface area contributed by atoms with Crippen LogP contribution in [0.1, 0.15) is 12.1 Å². The third-order valence-electron chi connectivity index (χ3n) is 1.67. The van der Waals surface area contributed by atoms with Gasteiger partial charge in [-0.1, -0.05) is 18.6 Å². The first-order valence-electron chi connectivity index (χ1n) is 3.65. The molecule has 0 unspecified atom stereocenters. The molecule has 12 heavy (non-hydrogen) atoms. The molecule has 0 aromatic carbocycles. The summed E-state index contributed by atoms with van der Waals surface area (Å²) in [6.07, 6.45) is 9.96. The van der Waals surface area contributed by atoms with Crippen molar-refractivity contribution in [2.45, 2.75) is 6.42 Å². The van der Waals surface area contributed by atoms with E-state index in [1.54, 1.807) is 0 Å². The molecular weight excluding hydrogens is 326 g/mol. The molecule has 0 saturated heterocycles. The van der Waals surface area contributed by atoms with Gasteiger partial charge < -0.3 is 4.98 Å². The fourth-order valence-electron chi connectivity index (χ4n) is 1.12. The first-order valence-corrected chi connectivity index (χ1v) is 3.65. The normalized spacial score (nSPS) is 13.8. The van der Waals surface area contributed by atoms with E-state index in [2.05, 4.69) is 17.1 Å². The van der Waals surface area contributed by atoms with E-state index >= 15 is 0 Å². The predicted molar refractivity (Wildman–Crippen MR) is 44.6 cm³/mol. The molecule has 1 heterocycles. The second kappa shape index (κ2) is 4.34. The van der Waals surface area contributed by atoms with Crippen molar-refractivity contribution in [1.29, 1.82) is 0 Å². The zero-order chi connectivity index (χ0) is 7.52. The Kier molecular flexibility index (Phi) is 3.39. The van der Waals surface area contributed by atoms with Crippen LogP contribution in [0.2, 0.25) is 0 Å². The van der Waals surface area contributed by atoms with Crippen LogP contribution < -0.4 is 0 Å². The number of hydrogen-bond donors (Lipinski definition) is 0. The Morgan fingerprint density at radius 2 is 2.25 bits per heavy atom. The minimum Gasteiger partial charge on any atom is -0.320 e. The quantitative estimate of drug-likeness (QED) is 0.718. The molecule has 1 nitrogen and oxygen atoms in total. The van der Waals surface area contributed by atoms with Crippen LogP contribution in [0, 0.1) is 6.08 Å². The molecule has 1 aromatic rings. The standard InChI is InChI=1S/C10H8N.Ir/c1-2-6-9(5-1)10-7-3-4-8-11-10;/h1-4,7-8H,5H2;/q-1;. The fourth-order valence-corrected chi connectivity index (χ4v) is 1.12. The molecule has 0 atom stereocenters. The van der Waals surface area contributed by atoms with E-state index in [1.165, 1.54) is 5.57 Å². The SMILES string of the molecule is [C-]1=C(c2ccccn2)CC=C1.[Ir]. The van der Waals surface area contributed by atoms with Crippen LogP contribution in [0.25, 0.3) is 5.57 Å². The van der Waals surface area contributed by atoms with Gasteiger partial charge in [0.05, 0.1) is 0 Å². The van der Waals surface area contributed by atoms with E-state index in [-0.39, 0.29) is 20.1 Å². The molecule has 0 saturated carbocycles. The van der Waals surface area contributed by atoms with Crippen molar-refractivity contribution in [3.8, 4) is 0 Å². The van der Waals surface area contributed by atoms with Crippen LogP contribution in [0.5, 0.6) is 0 Å². The number of pyridine rings is 1. The number of hydrogen-bond acceptors (Lipinski definition) is 1. The van der Waals surface area contributed by atoms with Gasteiger partial charge in [0.25, 0.3) is 0 Å². The Balaban J connectivity index is 0.000000720. The van der Waals surface area contributed by atoms with Crippen LogP contribution in [0.3, 0.4) is 0 Å². The summed E-state index contributed by atoms with van der Waals surface area (Å²) in [6, 6.07) is 5.93. The van der Waals surface area contributed by atoms with Crippen LogP contribution >= 0.6 is 0 Å². The van der Waals surface area contributed by atoms with E-state index in [1.807, 2.05) is 30.5 Å². The number of rotatable bonds is 1. The minimum atomic E-state index is 0. The maximum absolute atomic E-state index is 4.22. The first kappa shape index (κ1) is 9.37. The molecule has 63 valence electrons. The van der Waals surface area contributed by atoms with E-state index in [4.69, 9.17) is 0 Å². The molecule has 0 bridgehead atoms. The monoisotopic (exact) mass is 335 g/mol. The summed E-state index contributed by atoms with van der Waals surface area (Å²) in [7, 11) is 0. The summed E-state index contributed by atoms with van der Waals surface area (Å²) < 4.78 is 0. The zero-order valence-electron chi connectivity index (χ0n) is 6.45. The largest absolute Gasteiger partial charge is 0.320 e. The third-order valence-corrected chi connectivity index (χ3v) is 1.67. The molecule has 0 amide bonds. The molecule has 1 aliphatic rings. The Bertz CT molecular complexity index is 301. The van der Waals surface area contributed by atoms with Crippen molar-refractivity contribution >= 4 is 5.57 Å². The predicted octanol–water partition coefficient (Wildman–Crippen LogP) is 2.23. The summed E-state index contributed by atoms with van der Waals surface area (Å²) in [4.78, 5) is 4.22. The van der Waals surface area contributed by atoms with E-state index in [0.717, 1.165) is 12.1 Å². The molecule has 1 aromatic heterocycles. The second-order valence-electron chi connectivity index (χ2n) is 2.44. The molecule has 1 aliphatic carbocycles. The van der Waals surface area contributed by atoms with E-state index < -0.39 is 0 Å². The molecule has 0 aliphatic heterocycles. The maximum Gasteiger partial charge on any atom is 0.0124 e. The molecule has 2 rings (SSSR count). The Morgan fingerprint density at radius 3 is 2.83 bits per heavy atom. The molecule has 2 heteroatoms. The summed E-state index contributed by atoms with van der Waals surface area (Å²) in [5.41, 5.74) is 2.23. The Labute approximate surface area is 85.6 Å². The third kappa shape index (κ3) is 1.90. The van der Waals surface area contributed by atoms with E-state index in [9.17, 15) is 0 Å². The number of allylic oxidation sites excluding steroid dienone is 4. The zero-order valence-corrected chi connectivity index (χ0v) is 8.85. The van der Waals surface area contributed by atoms with Crippen molar-refractivity contribution in [3.63, 3.8) is 0 Å². The topological polar surface area (TPSA) is 12.9 Å². The summed E-state index contributed by atoms with van der Waals surface area (Å²) in [6.45, 7) is 0. The van der Waals surface area contributed by atoms with Crippen molar-refractivity contribution in [3.05, 3.63) is 48.3 Å². The van der Waals surface area contributed by atoms with Gasteiger partial charge in [-0.25, -0.2) is 0 Å². The second-order valence-corrected chi connectivity index (χ2v) is 2.44. The van der Waals surface area contributed by atoms with Gasteiger partial charge in [-0.2, -0.15) is 18.2 Å². The molecular formula is C10H8IrN-. The van der Waals surface area contributed by atoms with Gasteiger partial charge in [-0.3, -0.25) is 0 Å². The van der Waals surface area contributed by atoms with Crippen molar-refractivity contribution < 1.29 is 20.1 Å². The molecule has 0 spiro atoms. The van der Waals surface area contributed by atoms with Gasteiger partial charge >= 0.3 is 0 Å². The summed E-state index contributed by atoms with van der Waals surface area (Å²) in [5, 5.41) is 0. The van der Waals surface area contributed by atoms with Crippen molar-refractivity contribution in [1.82, 2.24) is 4.98 Å². The molecule has 1 radical (unpaired) electrons. The average molecular weight is 334 g/mol.